The number of nitrogens with two attached hydrogens (primary N) is 1. The number of nitrogens with one attached hydrogen (secondary N) is 1. The van der Waals surface area contributed by atoms with E-state index < -0.39 is 0 Å². The minimum atomic E-state index is 0.0971. The molecule has 3 N–H and O–H groups in total. The zero-order valence-corrected chi connectivity index (χ0v) is 12.0. The first-order valence-corrected chi connectivity index (χ1v) is 7.14. The van der Waals surface area contributed by atoms with Gasteiger partial charge in [-0.05, 0) is 48.4 Å². The van der Waals surface area contributed by atoms with Gasteiger partial charge in [0, 0.05) is 4.88 Å². The third-order valence-electron chi connectivity index (χ3n) is 3.34. The maximum Gasteiger partial charge on any atom is 0.0807 e. The molecular weight excluding hydrogens is 240 g/mol. The van der Waals surface area contributed by atoms with Gasteiger partial charge in [-0.15, -0.1) is 11.3 Å². The summed E-state index contributed by atoms with van der Waals surface area (Å²) in [5.74, 6) is 5.80. The molecule has 18 heavy (non-hydrogen) atoms. The zero-order chi connectivity index (χ0) is 13.1. The van der Waals surface area contributed by atoms with Gasteiger partial charge in [-0.2, -0.15) is 0 Å². The molecule has 2 aromatic rings. The first-order chi connectivity index (χ1) is 8.67. The fraction of sp³-hybridized carbons (Fsp3) is 0.333. The molecule has 0 radical (unpaired) electrons. The van der Waals surface area contributed by atoms with Crippen LogP contribution in [0.3, 0.4) is 0 Å². The minimum Gasteiger partial charge on any atom is -0.271 e. The summed E-state index contributed by atoms with van der Waals surface area (Å²) >= 11 is 1.77. The molecule has 0 spiro atoms. The highest BCUT2D eigenvalue weighted by molar-refractivity contribution is 7.10. The first kappa shape index (κ1) is 13.3. The van der Waals surface area contributed by atoms with Gasteiger partial charge < -0.3 is 0 Å². The molecule has 0 fully saturated rings. The van der Waals surface area contributed by atoms with E-state index in [1.54, 1.807) is 11.3 Å². The highest BCUT2D eigenvalue weighted by Gasteiger charge is 2.18. The van der Waals surface area contributed by atoms with Crippen LogP contribution in [0.15, 0.2) is 29.6 Å². The first-order valence-electron chi connectivity index (χ1n) is 6.27. The Balaban J connectivity index is 2.48. The summed E-state index contributed by atoms with van der Waals surface area (Å²) in [5.41, 5.74) is 8.17. The molecule has 1 atom stereocenters. The van der Waals surface area contributed by atoms with E-state index in [0.717, 1.165) is 6.42 Å². The van der Waals surface area contributed by atoms with Crippen LogP contribution in [0.1, 0.15) is 40.1 Å². The van der Waals surface area contributed by atoms with Crippen molar-refractivity contribution in [2.75, 3.05) is 0 Å². The third-order valence-corrected chi connectivity index (χ3v) is 4.36. The molecule has 96 valence electrons. The van der Waals surface area contributed by atoms with Gasteiger partial charge in [0.15, 0.2) is 0 Å². The molecule has 0 saturated heterocycles. The second-order valence-electron chi connectivity index (χ2n) is 4.62. The van der Waals surface area contributed by atoms with Crippen molar-refractivity contribution in [2.45, 2.75) is 33.2 Å². The van der Waals surface area contributed by atoms with Crippen LogP contribution in [0.2, 0.25) is 0 Å². The quantitative estimate of drug-likeness (QED) is 0.652. The minimum absolute atomic E-state index is 0.0971. The Morgan fingerprint density at radius 3 is 2.72 bits per heavy atom. The van der Waals surface area contributed by atoms with Crippen LogP contribution in [0.4, 0.5) is 0 Å². The molecule has 0 aliphatic carbocycles. The maximum absolute atomic E-state index is 5.80. The van der Waals surface area contributed by atoms with Crippen LogP contribution < -0.4 is 11.3 Å². The van der Waals surface area contributed by atoms with Crippen LogP contribution in [0.25, 0.3) is 0 Å². The Morgan fingerprint density at radius 1 is 1.28 bits per heavy atom. The van der Waals surface area contributed by atoms with Crippen LogP contribution in [-0.4, -0.2) is 0 Å². The van der Waals surface area contributed by atoms with E-state index in [1.165, 1.54) is 27.1 Å². The van der Waals surface area contributed by atoms with Gasteiger partial charge in [0.25, 0.3) is 0 Å². The van der Waals surface area contributed by atoms with Gasteiger partial charge in [-0.3, -0.25) is 5.84 Å². The van der Waals surface area contributed by atoms with Crippen molar-refractivity contribution >= 4 is 11.3 Å². The van der Waals surface area contributed by atoms with Crippen molar-refractivity contribution in [3.8, 4) is 0 Å². The Morgan fingerprint density at radius 2 is 2.06 bits per heavy atom. The number of rotatable bonds is 4. The van der Waals surface area contributed by atoms with Crippen LogP contribution in [0.5, 0.6) is 0 Å². The summed E-state index contributed by atoms with van der Waals surface area (Å²) in [6.07, 6.45) is 1.04. The smallest absolute Gasteiger partial charge is 0.0807 e. The lowest BCUT2D eigenvalue weighted by molar-refractivity contribution is 0.638. The normalized spacial score (nSPS) is 12.7. The Hall–Kier alpha value is -1.16. The summed E-state index contributed by atoms with van der Waals surface area (Å²) in [4.78, 5) is 1.33. The molecule has 3 heteroatoms. The van der Waals surface area contributed by atoms with Crippen molar-refractivity contribution in [3.05, 3.63) is 56.8 Å². The molecule has 1 heterocycles. The van der Waals surface area contributed by atoms with Crippen molar-refractivity contribution in [1.82, 2.24) is 5.43 Å². The Bertz CT molecular complexity index is 531. The van der Waals surface area contributed by atoms with E-state index in [0.29, 0.717) is 0 Å². The van der Waals surface area contributed by atoms with E-state index in [-0.39, 0.29) is 6.04 Å². The number of thiophene rings is 1. The van der Waals surface area contributed by atoms with Crippen molar-refractivity contribution in [1.29, 1.82) is 0 Å². The van der Waals surface area contributed by atoms with Gasteiger partial charge in [0.2, 0.25) is 0 Å². The molecule has 2 rings (SSSR count). The van der Waals surface area contributed by atoms with Gasteiger partial charge in [0.05, 0.1) is 6.04 Å². The maximum atomic E-state index is 5.80. The summed E-state index contributed by atoms with van der Waals surface area (Å²) in [5, 5.41) is 2.14. The Kier molecular flexibility index (Phi) is 4.17. The summed E-state index contributed by atoms with van der Waals surface area (Å²) in [6.45, 7) is 6.44. The predicted octanol–water partition coefficient (Wildman–Crippen LogP) is 3.48. The van der Waals surface area contributed by atoms with E-state index in [2.05, 4.69) is 55.8 Å². The van der Waals surface area contributed by atoms with Gasteiger partial charge in [-0.1, -0.05) is 30.7 Å². The lowest BCUT2D eigenvalue weighted by Gasteiger charge is -2.19. The van der Waals surface area contributed by atoms with E-state index >= 15 is 0 Å². The second kappa shape index (κ2) is 5.65. The molecule has 1 unspecified atom stereocenters. The van der Waals surface area contributed by atoms with Gasteiger partial charge >= 0.3 is 0 Å². The number of hydrogen-bond acceptors (Lipinski definition) is 3. The molecular formula is C15H20N2S. The average molecular weight is 260 g/mol. The van der Waals surface area contributed by atoms with Crippen LogP contribution >= 0.6 is 11.3 Å². The third kappa shape index (κ3) is 2.48. The van der Waals surface area contributed by atoms with Crippen molar-refractivity contribution in [3.63, 3.8) is 0 Å². The molecule has 1 aromatic heterocycles. The molecule has 2 nitrogen and oxygen atoms in total. The zero-order valence-electron chi connectivity index (χ0n) is 11.2. The van der Waals surface area contributed by atoms with Gasteiger partial charge in [-0.25, -0.2) is 5.43 Å². The lowest BCUT2D eigenvalue weighted by atomic mass is 9.96. The highest BCUT2D eigenvalue weighted by Crippen LogP contribution is 2.31. The van der Waals surface area contributed by atoms with Gasteiger partial charge in [0.1, 0.15) is 0 Å². The van der Waals surface area contributed by atoms with E-state index in [9.17, 15) is 0 Å². The van der Waals surface area contributed by atoms with Crippen LogP contribution in [0, 0.1) is 13.8 Å². The number of hydrazine groups is 1. The fourth-order valence-corrected chi connectivity index (χ4v) is 3.34. The average Bonchev–Trinajstić information content (AvgIpc) is 2.83. The predicted molar refractivity (Wildman–Crippen MR) is 78.8 cm³/mol. The molecule has 0 aliphatic rings. The lowest BCUT2D eigenvalue weighted by Crippen LogP contribution is -2.29. The second-order valence-corrected chi connectivity index (χ2v) is 5.57. The van der Waals surface area contributed by atoms with E-state index in [1.807, 2.05) is 0 Å². The van der Waals surface area contributed by atoms with E-state index in [4.69, 9.17) is 5.84 Å². The van der Waals surface area contributed by atoms with Crippen molar-refractivity contribution in [2.24, 2.45) is 5.84 Å². The number of benzene rings is 1. The summed E-state index contributed by atoms with van der Waals surface area (Å²) in [7, 11) is 0. The van der Waals surface area contributed by atoms with Crippen molar-refractivity contribution < 1.29 is 0 Å². The standard InChI is InChI=1S/C15H20N2S/c1-4-12-7-8-18-15(12)14(17-16)13-9-10(2)5-6-11(13)3/h5-9,14,17H,4,16H2,1-3H3. The largest absolute Gasteiger partial charge is 0.271 e. The molecule has 0 aliphatic heterocycles. The number of hydrogen-bond donors (Lipinski definition) is 2. The highest BCUT2D eigenvalue weighted by atomic mass is 32.1. The number of aryl methyl sites for hydroxylation is 3. The molecule has 0 saturated carbocycles. The molecule has 0 bridgehead atoms. The van der Waals surface area contributed by atoms with Crippen LogP contribution in [-0.2, 0) is 6.42 Å². The fourth-order valence-electron chi connectivity index (χ4n) is 2.27. The Labute approximate surface area is 113 Å². The molecule has 1 aromatic carbocycles. The molecule has 0 amide bonds. The topological polar surface area (TPSA) is 38.0 Å². The monoisotopic (exact) mass is 260 g/mol. The summed E-state index contributed by atoms with van der Waals surface area (Å²) in [6, 6.07) is 8.81. The SMILES string of the molecule is CCc1ccsc1C(NN)c1cc(C)ccc1C. The summed E-state index contributed by atoms with van der Waals surface area (Å²) < 4.78 is 0.